The van der Waals surface area contributed by atoms with Crippen molar-refractivity contribution in [2.75, 3.05) is 6.61 Å². The Morgan fingerprint density at radius 2 is 1.81 bits per heavy atom. The molecule has 1 amide bonds. The number of carbonyl (C=O) groups is 2. The molecule has 6 nitrogen and oxygen atoms in total. The van der Waals surface area contributed by atoms with E-state index in [9.17, 15) is 22.4 Å². The van der Waals surface area contributed by atoms with Gasteiger partial charge >= 0.3 is 12.1 Å². The first-order chi connectivity index (χ1) is 12.5. The zero-order valence-corrected chi connectivity index (χ0v) is 14.8. The summed E-state index contributed by atoms with van der Waals surface area (Å²) in [7, 11) is 0. The van der Waals surface area contributed by atoms with Gasteiger partial charge in [-0.2, -0.15) is 13.2 Å². The van der Waals surface area contributed by atoms with Crippen LogP contribution in [0.1, 0.15) is 25.7 Å². The highest BCUT2D eigenvalue weighted by Crippen LogP contribution is 2.21. The highest BCUT2D eigenvalue weighted by Gasteiger charge is 2.38. The van der Waals surface area contributed by atoms with E-state index >= 15 is 0 Å². The first kappa shape index (κ1) is 23.0. The summed E-state index contributed by atoms with van der Waals surface area (Å²) in [4.78, 5) is 20.6. The predicted molar refractivity (Wildman–Crippen MR) is 89.0 cm³/mol. The van der Waals surface area contributed by atoms with Crippen LogP contribution in [0.15, 0.2) is 18.2 Å². The van der Waals surface area contributed by atoms with Crippen molar-refractivity contribution in [3.63, 3.8) is 0 Å². The van der Waals surface area contributed by atoms with Crippen LogP contribution in [-0.2, 0) is 9.59 Å². The second-order valence-electron chi connectivity index (χ2n) is 5.85. The van der Waals surface area contributed by atoms with Crippen molar-refractivity contribution in [1.29, 1.82) is 0 Å². The molecule has 0 aromatic heterocycles. The molecule has 4 N–H and O–H groups in total. The highest BCUT2D eigenvalue weighted by molar-refractivity contribution is 6.30. The van der Waals surface area contributed by atoms with E-state index in [-0.39, 0.29) is 29.6 Å². The van der Waals surface area contributed by atoms with Crippen LogP contribution >= 0.6 is 11.6 Å². The van der Waals surface area contributed by atoms with Crippen LogP contribution in [0, 0.1) is 5.82 Å². The van der Waals surface area contributed by atoms with Crippen LogP contribution in [-0.4, -0.2) is 41.8 Å². The molecule has 2 rings (SSSR count). The number of halogens is 5. The first-order valence-corrected chi connectivity index (χ1v) is 8.29. The monoisotopic (exact) mass is 414 g/mol. The number of nitrogens with one attached hydrogen (secondary N) is 1. The molecule has 1 aromatic carbocycles. The Balaban J connectivity index is 0.000000445. The lowest BCUT2D eigenvalue weighted by Gasteiger charge is -2.26. The Bertz CT molecular complexity index is 650. The van der Waals surface area contributed by atoms with E-state index in [1.54, 1.807) is 0 Å². The molecule has 1 fully saturated rings. The third-order valence-corrected chi connectivity index (χ3v) is 3.93. The highest BCUT2D eigenvalue weighted by atomic mass is 35.5. The number of benzene rings is 1. The third kappa shape index (κ3) is 8.91. The fourth-order valence-electron chi connectivity index (χ4n) is 2.25. The lowest BCUT2D eigenvalue weighted by Crippen LogP contribution is -2.42. The lowest BCUT2D eigenvalue weighted by molar-refractivity contribution is -0.192. The summed E-state index contributed by atoms with van der Waals surface area (Å²) >= 11 is 5.63. The van der Waals surface area contributed by atoms with Crippen LogP contribution in [0.5, 0.6) is 5.75 Å². The molecule has 0 radical (unpaired) electrons. The molecule has 1 saturated carbocycles. The van der Waals surface area contributed by atoms with Gasteiger partial charge in [-0.3, -0.25) is 4.79 Å². The minimum absolute atomic E-state index is 0.0239. The first-order valence-electron chi connectivity index (χ1n) is 7.92. The van der Waals surface area contributed by atoms with Gasteiger partial charge in [-0.25, -0.2) is 9.18 Å². The van der Waals surface area contributed by atoms with Crippen molar-refractivity contribution in [2.24, 2.45) is 5.73 Å². The smallest absolute Gasteiger partial charge is 0.484 e. The predicted octanol–water partition coefficient (Wildman–Crippen LogP) is 2.88. The summed E-state index contributed by atoms with van der Waals surface area (Å²) in [6.07, 6.45) is -1.43. The van der Waals surface area contributed by atoms with Gasteiger partial charge in [-0.1, -0.05) is 11.6 Å². The Kier molecular flexibility index (Phi) is 8.77. The number of alkyl halides is 3. The molecule has 0 spiro atoms. The number of carboxylic acid groups (broad SMARTS) is 1. The molecule has 152 valence electrons. The molecule has 27 heavy (non-hydrogen) atoms. The molecule has 0 aliphatic heterocycles. The van der Waals surface area contributed by atoms with Crippen LogP contribution in [0.2, 0.25) is 5.02 Å². The van der Waals surface area contributed by atoms with Crippen LogP contribution in [0.4, 0.5) is 17.6 Å². The second-order valence-corrected chi connectivity index (χ2v) is 6.25. The van der Waals surface area contributed by atoms with Crippen molar-refractivity contribution in [3.8, 4) is 5.75 Å². The minimum Gasteiger partial charge on any atom is -0.484 e. The molecule has 1 aromatic rings. The Morgan fingerprint density at radius 1 is 1.26 bits per heavy atom. The van der Waals surface area contributed by atoms with Crippen molar-refractivity contribution in [2.45, 2.75) is 43.9 Å². The number of carbonyl (C=O) groups excluding carboxylic acids is 1. The van der Waals surface area contributed by atoms with Gasteiger partial charge < -0.3 is 20.9 Å². The van der Waals surface area contributed by atoms with Gasteiger partial charge in [0.25, 0.3) is 5.91 Å². The number of nitrogens with two attached hydrogens (primary N) is 1. The summed E-state index contributed by atoms with van der Waals surface area (Å²) in [5.41, 5.74) is 5.81. The number of ether oxygens (including phenoxy) is 1. The van der Waals surface area contributed by atoms with E-state index in [2.05, 4.69) is 5.32 Å². The van der Waals surface area contributed by atoms with E-state index in [1.807, 2.05) is 0 Å². The van der Waals surface area contributed by atoms with Gasteiger partial charge in [0, 0.05) is 18.2 Å². The fraction of sp³-hybridized carbons (Fsp3) is 0.500. The van der Waals surface area contributed by atoms with Crippen LogP contribution in [0.25, 0.3) is 0 Å². The molecule has 1 aliphatic carbocycles. The molecule has 1 aliphatic rings. The number of aliphatic carboxylic acids is 1. The van der Waals surface area contributed by atoms with Crippen LogP contribution < -0.4 is 15.8 Å². The summed E-state index contributed by atoms with van der Waals surface area (Å²) in [6, 6.07) is 4.42. The average molecular weight is 415 g/mol. The normalized spacial score (nSPS) is 19.5. The summed E-state index contributed by atoms with van der Waals surface area (Å²) in [5, 5.41) is 10.0. The number of carboxylic acids is 1. The zero-order valence-electron chi connectivity index (χ0n) is 14.1. The maximum absolute atomic E-state index is 13.0. The Morgan fingerprint density at radius 3 is 2.30 bits per heavy atom. The molecule has 0 atom stereocenters. The second kappa shape index (κ2) is 10.3. The summed E-state index contributed by atoms with van der Waals surface area (Å²) in [6.45, 7) is -0.107. The average Bonchev–Trinajstić information content (AvgIpc) is 2.58. The van der Waals surface area contributed by atoms with Gasteiger partial charge in [-0.15, -0.1) is 0 Å². The van der Waals surface area contributed by atoms with E-state index in [0.717, 1.165) is 25.7 Å². The molecule has 0 saturated heterocycles. The topological polar surface area (TPSA) is 102 Å². The molecule has 11 heteroatoms. The number of amides is 1. The summed E-state index contributed by atoms with van der Waals surface area (Å²) in [5.74, 6) is -3.09. The van der Waals surface area contributed by atoms with E-state index in [4.69, 9.17) is 32.0 Å². The molecule has 0 heterocycles. The maximum Gasteiger partial charge on any atom is 0.490 e. The van der Waals surface area contributed by atoms with Gasteiger partial charge in [0.15, 0.2) is 6.61 Å². The number of rotatable bonds is 4. The van der Waals surface area contributed by atoms with Gasteiger partial charge in [0.05, 0.1) is 5.02 Å². The zero-order chi connectivity index (χ0) is 20.6. The minimum atomic E-state index is -5.08. The van der Waals surface area contributed by atoms with Gasteiger partial charge in [0.1, 0.15) is 11.6 Å². The summed E-state index contributed by atoms with van der Waals surface area (Å²) < 4.78 is 50.0. The number of hydrogen-bond donors (Lipinski definition) is 3. The van der Waals surface area contributed by atoms with Gasteiger partial charge in [-0.05, 0) is 37.8 Å². The quantitative estimate of drug-likeness (QED) is 0.658. The molecule has 0 bridgehead atoms. The van der Waals surface area contributed by atoms with Crippen molar-refractivity contribution in [3.05, 3.63) is 29.0 Å². The molecule has 0 unspecified atom stereocenters. The lowest BCUT2D eigenvalue weighted by atomic mass is 9.92. The van der Waals surface area contributed by atoms with Gasteiger partial charge in [0.2, 0.25) is 0 Å². The van der Waals surface area contributed by atoms with E-state index in [1.165, 1.54) is 18.2 Å². The fourth-order valence-corrected chi connectivity index (χ4v) is 2.42. The molecular formula is C16H19ClF4N2O4. The van der Waals surface area contributed by atoms with Crippen LogP contribution in [0.3, 0.4) is 0 Å². The Hall–Kier alpha value is -2.07. The maximum atomic E-state index is 13.0. The molecular weight excluding hydrogens is 396 g/mol. The van der Waals surface area contributed by atoms with Crippen molar-refractivity contribution >= 4 is 23.5 Å². The third-order valence-electron chi connectivity index (χ3n) is 3.64. The van der Waals surface area contributed by atoms with E-state index in [0.29, 0.717) is 5.75 Å². The number of hydrogen-bond acceptors (Lipinski definition) is 4. The van der Waals surface area contributed by atoms with Crippen molar-refractivity contribution in [1.82, 2.24) is 5.32 Å². The Labute approximate surface area is 157 Å². The van der Waals surface area contributed by atoms with Crippen molar-refractivity contribution < 1.29 is 37.0 Å². The van der Waals surface area contributed by atoms with E-state index < -0.39 is 18.0 Å². The SMILES string of the molecule is N[C@H]1CC[C@H](NC(=O)COc2ccc(F)c(Cl)c2)CC1.O=C(O)C(F)(F)F. The standard InChI is InChI=1S/C14H18ClFN2O2.C2HF3O2/c15-12-7-11(5-6-13(12)16)20-8-14(19)18-10-3-1-9(17)2-4-10;3-2(4,5)1(6)7/h5-7,9-10H,1-4,8,17H2,(H,18,19);(H,6,7)/t9-,10-;. The largest absolute Gasteiger partial charge is 0.490 e.